The van der Waals surface area contributed by atoms with Crippen molar-refractivity contribution in [2.75, 3.05) is 0 Å². The third-order valence-corrected chi connectivity index (χ3v) is 5.53. The Bertz CT molecular complexity index is 1400. The first-order chi connectivity index (χ1) is 15.9. The number of carboxylic acid groups (broad SMARTS) is 1. The molecule has 0 spiro atoms. The minimum atomic E-state index is -1.03. The quantitative estimate of drug-likeness (QED) is 0.654. The number of carboxylic acids is 1. The van der Waals surface area contributed by atoms with Crippen molar-refractivity contribution < 1.29 is 19.5 Å². The summed E-state index contributed by atoms with van der Waals surface area (Å²) in [4.78, 5) is 10.8. The number of rotatable bonds is 5. The van der Waals surface area contributed by atoms with Crippen molar-refractivity contribution >= 4 is 35.4 Å². The highest BCUT2D eigenvalue weighted by Crippen LogP contribution is 2.33. The van der Waals surface area contributed by atoms with Crippen LogP contribution in [0.25, 0.3) is 11.6 Å². The topological polar surface area (TPSA) is 85.5 Å². The number of carbonyl (C=O) groups is 1. The van der Waals surface area contributed by atoms with Crippen molar-refractivity contribution in [3.63, 3.8) is 0 Å². The number of allylic oxidation sites excluding steroid dienone is 4. The summed E-state index contributed by atoms with van der Waals surface area (Å²) < 4.78 is 14.8. The Kier molecular flexibility index (Phi) is 6.35. The van der Waals surface area contributed by atoms with Gasteiger partial charge in [-0.05, 0) is 58.2 Å². The van der Waals surface area contributed by atoms with Crippen LogP contribution in [-0.2, 0) is 4.79 Å². The molecule has 2 heterocycles. The number of hydrogen-bond donors (Lipinski definition) is 2. The van der Waals surface area contributed by atoms with Crippen molar-refractivity contribution in [1.29, 1.82) is 0 Å². The Morgan fingerprint density at radius 2 is 2.00 bits per heavy atom. The Balaban J connectivity index is 1.99. The molecule has 2 aliphatic rings. The molecule has 0 saturated carbocycles. The van der Waals surface area contributed by atoms with E-state index in [0.717, 1.165) is 27.8 Å². The molecular weight excluding hydrogens is 445 g/mol. The van der Waals surface area contributed by atoms with E-state index in [4.69, 9.17) is 16.7 Å². The fraction of sp³-hybridized carbons (Fsp3) is 0.0800. The molecule has 0 atom stereocenters. The van der Waals surface area contributed by atoms with Gasteiger partial charge in [-0.1, -0.05) is 42.8 Å². The molecule has 2 aliphatic heterocycles. The van der Waals surface area contributed by atoms with Gasteiger partial charge in [-0.2, -0.15) is 5.10 Å². The second kappa shape index (κ2) is 9.36. The fourth-order valence-electron chi connectivity index (χ4n) is 3.77. The second-order valence-corrected chi connectivity index (χ2v) is 7.73. The zero-order valence-corrected chi connectivity index (χ0v) is 18.3. The summed E-state index contributed by atoms with van der Waals surface area (Å²) in [5.41, 5.74) is 4.39. The molecule has 6 nitrogen and oxygen atoms in total. The molecule has 2 aromatic rings. The van der Waals surface area contributed by atoms with Gasteiger partial charge < -0.3 is 5.11 Å². The predicted octanol–water partition coefficient (Wildman–Crippen LogP) is 4.09. The lowest BCUT2D eigenvalue weighted by molar-refractivity contribution is -0.131. The van der Waals surface area contributed by atoms with Crippen LogP contribution >= 0.6 is 11.6 Å². The van der Waals surface area contributed by atoms with E-state index < -0.39 is 11.8 Å². The van der Waals surface area contributed by atoms with Crippen LogP contribution in [0.5, 0.6) is 0 Å². The zero-order chi connectivity index (χ0) is 23.5. The third kappa shape index (κ3) is 4.69. The molecule has 0 amide bonds. The lowest BCUT2D eigenvalue weighted by atomic mass is 9.88. The molecule has 166 valence electrons. The van der Waals surface area contributed by atoms with Crippen molar-refractivity contribution in [2.24, 2.45) is 10.2 Å². The van der Waals surface area contributed by atoms with Gasteiger partial charge in [0.15, 0.2) is 5.82 Å². The van der Waals surface area contributed by atoms with Crippen molar-refractivity contribution in [3.05, 3.63) is 110 Å². The first kappa shape index (κ1) is 22.4. The van der Waals surface area contributed by atoms with Crippen molar-refractivity contribution in [3.8, 4) is 0 Å². The van der Waals surface area contributed by atoms with Gasteiger partial charge in [0.1, 0.15) is 5.36 Å². The van der Waals surface area contributed by atoms with Crippen LogP contribution in [0.3, 0.4) is 0 Å². The van der Waals surface area contributed by atoms with Crippen LogP contribution < -0.4 is 10.6 Å². The Hall–Kier alpha value is -3.81. The van der Waals surface area contributed by atoms with Gasteiger partial charge in [-0.25, -0.2) is 14.2 Å². The van der Waals surface area contributed by atoms with Gasteiger partial charge in [0, 0.05) is 23.4 Å². The van der Waals surface area contributed by atoms with E-state index in [1.165, 1.54) is 30.8 Å². The largest absolute Gasteiger partial charge is 0.478 e. The van der Waals surface area contributed by atoms with E-state index in [2.05, 4.69) is 10.2 Å². The number of halogens is 2. The maximum Gasteiger partial charge on any atom is 0.328 e. The molecule has 2 aromatic carbocycles. The number of hydrogen-bond acceptors (Lipinski definition) is 5. The van der Waals surface area contributed by atoms with Crippen LogP contribution in [0.1, 0.15) is 30.0 Å². The number of benzene rings is 2. The Morgan fingerprint density at radius 1 is 1.24 bits per heavy atom. The van der Waals surface area contributed by atoms with Gasteiger partial charge in [0.05, 0.1) is 17.4 Å². The minimum absolute atomic E-state index is 0.198. The third-order valence-electron chi connectivity index (χ3n) is 5.23. The summed E-state index contributed by atoms with van der Waals surface area (Å²) in [6, 6.07) is 10.5. The lowest BCUT2D eigenvalue weighted by Gasteiger charge is -2.20. The Morgan fingerprint density at radius 3 is 2.67 bits per heavy atom. The highest BCUT2D eigenvalue weighted by Gasteiger charge is 2.18. The van der Waals surface area contributed by atoms with E-state index in [-0.39, 0.29) is 5.36 Å². The summed E-state index contributed by atoms with van der Waals surface area (Å²) >= 11 is 6.45. The van der Waals surface area contributed by atoms with Crippen LogP contribution in [-0.4, -0.2) is 27.6 Å². The molecule has 0 radical (unpaired) electrons. The number of fused-ring (bicyclic) bond motifs is 1. The number of nitrogens with zero attached hydrogens (tertiary/aromatic N) is 3. The lowest BCUT2D eigenvalue weighted by Crippen LogP contribution is -2.20. The van der Waals surface area contributed by atoms with E-state index >= 15 is 0 Å². The normalized spacial score (nSPS) is 17.1. The van der Waals surface area contributed by atoms with Gasteiger partial charge in [0.25, 0.3) is 0 Å². The molecule has 0 fully saturated rings. The summed E-state index contributed by atoms with van der Waals surface area (Å²) in [5.74, 6) is -1.52. The first-order valence-corrected chi connectivity index (χ1v) is 10.5. The van der Waals surface area contributed by atoms with Crippen LogP contribution in [0, 0.1) is 5.82 Å². The average molecular weight is 464 g/mol. The molecular formula is C25H19ClFN3O3. The highest BCUT2D eigenvalue weighted by atomic mass is 35.5. The molecule has 0 aromatic heterocycles. The van der Waals surface area contributed by atoms with E-state index in [0.29, 0.717) is 33.4 Å². The monoisotopic (exact) mass is 463 g/mol. The molecule has 0 unspecified atom stereocenters. The molecule has 2 N–H and O–H groups in total. The highest BCUT2D eigenvalue weighted by molar-refractivity contribution is 6.32. The molecule has 0 bridgehead atoms. The first-order valence-electron chi connectivity index (χ1n) is 10.1. The predicted molar refractivity (Wildman–Crippen MR) is 124 cm³/mol. The number of hydroxylamine groups is 2. The van der Waals surface area contributed by atoms with Crippen LogP contribution in [0.2, 0.25) is 0 Å². The Labute approximate surface area is 193 Å². The summed E-state index contributed by atoms with van der Waals surface area (Å²) in [6.45, 7) is 1.97. The van der Waals surface area contributed by atoms with Gasteiger partial charge in [-0.3, -0.25) is 5.21 Å². The minimum Gasteiger partial charge on any atom is -0.478 e. The van der Waals surface area contributed by atoms with Crippen LogP contribution in [0.15, 0.2) is 87.3 Å². The van der Waals surface area contributed by atoms with Gasteiger partial charge >= 0.3 is 5.97 Å². The van der Waals surface area contributed by atoms with Gasteiger partial charge in [0.2, 0.25) is 0 Å². The summed E-state index contributed by atoms with van der Waals surface area (Å²) in [7, 11) is 0. The fourth-order valence-corrected chi connectivity index (χ4v) is 4.04. The standard InChI is InChI=1S/C25H19ClFN3O3/c1-2-19(20-9-10-30(33)14-21(20)26)24(16-6-3-15(4-7-16)5-8-23(31)32)17-11-18-13-28-29-25(18)22(27)12-17/h3-14,33H,2H2,1H3,(H,31,32)/b8-5+,20-19?,24-17?. The van der Waals surface area contributed by atoms with Crippen molar-refractivity contribution in [2.45, 2.75) is 13.3 Å². The van der Waals surface area contributed by atoms with Gasteiger partial charge in [-0.15, -0.1) is 5.10 Å². The zero-order valence-electron chi connectivity index (χ0n) is 17.5. The molecule has 0 aliphatic carbocycles. The molecule has 8 heteroatoms. The maximum absolute atomic E-state index is 14.8. The second-order valence-electron chi connectivity index (χ2n) is 7.33. The average Bonchev–Trinajstić information content (AvgIpc) is 3.26. The maximum atomic E-state index is 14.8. The summed E-state index contributed by atoms with van der Waals surface area (Å²) in [6.07, 6.45) is 9.21. The summed E-state index contributed by atoms with van der Waals surface area (Å²) in [5, 5.41) is 28.3. The van der Waals surface area contributed by atoms with Crippen molar-refractivity contribution in [1.82, 2.24) is 5.06 Å². The van der Waals surface area contributed by atoms with Crippen LogP contribution in [0.4, 0.5) is 4.39 Å². The molecule has 4 rings (SSSR count). The van der Waals surface area contributed by atoms with E-state index in [9.17, 15) is 14.4 Å². The smallest absolute Gasteiger partial charge is 0.328 e. The van der Waals surface area contributed by atoms with E-state index in [1.54, 1.807) is 18.2 Å². The number of aliphatic carboxylic acids is 1. The SMILES string of the molecule is CCC(=C1C=CN(O)C=C1Cl)C(c1ccc(/C=C/C(=O)O)cc1)=c1cc(F)c2c(c1)C=NN=2. The molecule has 0 saturated heterocycles. The molecule has 33 heavy (non-hydrogen) atoms. The van der Waals surface area contributed by atoms with E-state index in [1.807, 2.05) is 25.1 Å².